The van der Waals surface area contributed by atoms with E-state index in [4.69, 9.17) is 4.74 Å². The first kappa shape index (κ1) is 23.9. The Kier molecular flexibility index (Phi) is 7.36. The van der Waals surface area contributed by atoms with Crippen molar-refractivity contribution in [3.05, 3.63) is 131 Å². The molecule has 0 saturated heterocycles. The van der Waals surface area contributed by atoms with E-state index in [1.807, 2.05) is 67.6 Å². The SMILES string of the molecule is CC(=O)OCCN1C=C(C(=O)c2ccccc2)C(c2cccc(C)c2)C(C(=O)c2ccccc2)=C1. The highest BCUT2D eigenvalue weighted by atomic mass is 16.5. The van der Waals surface area contributed by atoms with E-state index in [0.29, 0.717) is 28.8 Å². The molecule has 3 aromatic rings. The number of nitrogens with zero attached hydrogens (tertiary/aromatic N) is 1. The van der Waals surface area contributed by atoms with E-state index in [-0.39, 0.29) is 24.1 Å². The van der Waals surface area contributed by atoms with Gasteiger partial charge in [-0.15, -0.1) is 0 Å². The molecule has 0 unspecified atom stereocenters. The summed E-state index contributed by atoms with van der Waals surface area (Å²) in [7, 11) is 0. The molecule has 0 radical (unpaired) electrons. The van der Waals surface area contributed by atoms with Crippen LogP contribution in [0.4, 0.5) is 0 Å². The molecule has 5 heteroatoms. The fraction of sp³-hybridized carbons (Fsp3) is 0.167. The lowest BCUT2D eigenvalue weighted by molar-refractivity contribution is -0.141. The highest BCUT2D eigenvalue weighted by Crippen LogP contribution is 2.39. The summed E-state index contributed by atoms with van der Waals surface area (Å²) < 4.78 is 5.12. The topological polar surface area (TPSA) is 63.7 Å². The van der Waals surface area contributed by atoms with Crippen LogP contribution in [0.2, 0.25) is 0 Å². The van der Waals surface area contributed by atoms with E-state index in [9.17, 15) is 14.4 Å². The number of carbonyl (C=O) groups is 3. The van der Waals surface area contributed by atoms with Crippen molar-refractivity contribution in [1.29, 1.82) is 0 Å². The van der Waals surface area contributed by atoms with Crippen molar-refractivity contribution in [3.63, 3.8) is 0 Å². The average Bonchev–Trinajstić information content (AvgIpc) is 2.88. The number of ether oxygens (including phenoxy) is 1. The summed E-state index contributed by atoms with van der Waals surface area (Å²) in [6.07, 6.45) is 3.54. The van der Waals surface area contributed by atoms with E-state index < -0.39 is 5.92 Å². The molecule has 1 aliphatic rings. The molecule has 1 aliphatic heterocycles. The van der Waals surface area contributed by atoms with E-state index >= 15 is 0 Å². The number of hydrogen-bond donors (Lipinski definition) is 0. The molecule has 0 atom stereocenters. The molecule has 5 nitrogen and oxygen atoms in total. The van der Waals surface area contributed by atoms with Crippen LogP contribution in [0.3, 0.4) is 0 Å². The molecule has 0 bridgehead atoms. The quantitative estimate of drug-likeness (QED) is 0.325. The van der Waals surface area contributed by atoms with E-state index in [0.717, 1.165) is 11.1 Å². The monoisotopic (exact) mass is 465 g/mol. The minimum absolute atomic E-state index is 0.136. The number of allylic oxidation sites excluding steroid dienone is 2. The summed E-state index contributed by atoms with van der Waals surface area (Å²) in [5.41, 5.74) is 3.99. The number of esters is 1. The van der Waals surface area contributed by atoms with Gasteiger partial charge in [0.25, 0.3) is 0 Å². The average molecular weight is 466 g/mol. The Morgan fingerprint density at radius 2 is 1.31 bits per heavy atom. The van der Waals surface area contributed by atoms with Gasteiger partial charge in [-0.25, -0.2) is 0 Å². The lowest BCUT2D eigenvalue weighted by atomic mass is 9.77. The zero-order chi connectivity index (χ0) is 24.8. The van der Waals surface area contributed by atoms with Crippen LogP contribution in [0, 0.1) is 6.92 Å². The number of carbonyl (C=O) groups excluding carboxylic acids is 3. The molecule has 1 heterocycles. The smallest absolute Gasteiger partial charge is 0.302 e. The van der Waals surface area contributed by atoms with Crippen molar-refractivity contribution in [2.75, 3.05) is 13.2 Å². The van der Waals surface area contributed by atoms with Crippen LogP contribution in [-0.2, 0) is 9.53 Å². The largest absolute Gasteiger partial charge is 0.464 e. The van der Waals surface area contributed by atoms with Crippen molar-refractivity contribution in [1.82, 2.24) is 4.90 Å². The maximum Gasteiger partial charge on any atom is 0.302 e. The molecule has 35 heavy (non-hydrogen) atoms. The first-order valence-electron chi connectivity index (χ1n) is 11.5. The van der Waals surface area contributed by atoms with Gasteiger partial charge < -0.3 is 9.64 Å². The minimum Gasteiger partial charge on any atom is -0.464 e. The Morgan fingerprint density at radius 3 is 1.80 bits per heavy atom. The number of ketones is 2. The summed E-state index contributed by atoms with van der Waals surface area (Å²) in [6.45, 7) is 3.79. The highest BCUT2D eigenvalue weighted by molar-refractivity contribution is 6.15. The Hall–Kier alpha value is -4.25. The van der Waals surface area contributed by atoms with Crippen LogP contribution in [0.5, 0.6) is 0 Å². The molecule has 3 aromatic carbocycles. The Morgan fingerprint density at radius 1 is 0.771 bits per heavy atom. The van der Waals surface area contributed by atoms with E-state index in [1.165, 1.54) is 6.92 Å². The predicted molar refractivity (Wildman–Crippen MR) is 135 cm³/mol. The van der Waals surface area contributed by atoms with Gasteiger partial charge in [-0.2, -0.15) is 0 Å². The van der Waals surface area contributed by atoms with Crippen LogP contribution >= 0.6 is 0 Å². The Labute approximate surface area is 205 Å². The van der Waals surface area contributed by atoms with Crippen LogP contribution < -0.4 is 0 Å². The van der Waals surface area contributed by atoms with Crippen molar-refractivity contribution in [2.24, 2.45) is 0 Å². The third kappa shape index (κ3) is 5.64. The second-order valence-electron chi connectivity index (χ2n) is 8.48. The van der Waals surface area contributed by atoms with Crippen molar-refractivity contribution in [2.45, 2.75) is 19.8 Å². The zero-order valence-corrected chi connectivity index (χ0v) is 19.8. The third-order valence-electron chi connectivity index (χ3n) is 5.86. The van der Waals surface area contributed by atoms with Crippen molar-refractivity contribution in [3.8, 4) is 0 Å². The Bertz CT molecular complexity index is 1220. The second kappa shape index (κ2) is 10.8. The maximum absolute atomic E-state index is 13.8. The molecule has 0 spiro atoms. The van der Waals surface area contributed by atoms with Gasteiger partial charge in [-0.3, -0.25) is 14.4 Å². The van der Waals surface area contributed by atoms with Gasteiger partial charge in [0.1, 0.15) is 6.61 Å². The van der Waals surface area contributed by atoms with Gasteiger partial charge in [0.2, 0.25) is 0 Å². The summed E-state index contributed by atoms with van der Waals surface area (Å²) in [6, 6.07) is 26.0. The zero-order valence-electron chi connectivity index (χ0n) is 19.8. The molecular weight excluding hydrogens is 438 g/mol. The predicted octanol–water partition coefficient (Wildman–Crippen LogP) is 5.49. The first-order valence-corrected chi connectivity index (χ1v) is 11.5. The standard InChI is InChI=1S/C30H27NO4/c1-21-10-9-15-25(18-21)28-26(29(33)23-11-5-3-6-12-23)19-31(16-17-35-22(2)32)20-27(28)30(34)24-13-7-4-8-14-24/h3-15,18-20,28H,16-17H2,1-2H3. The number of hydrogen-bond acceptors (Lipinski definition) is 5. The maximum atomic E-state index is 13.8. The molecular formula is C30H27NO4. The fourth-order valence-corrected chi connectivity index (χ4v) is 4.24. The number of aryl methyl sites for hydroxylation is 1. The van der Waals surface area contributed by atoms with Crippen molar-refractivity contribution < 1.29 is 19.1 Å². The van der Waals surface area contributed by atoms with Gasteiger partial charge in [-0.05, 0) is 12.5 Å². The summed E-state index contributed by atoms with van der Waals surface area (Å²) in [4.78, 5) is 40.6. The molecule has 0 N–H and O–H groups in total. The number of Topliss-reactive ketones (excluding diaryl/α,β-unsaturated/α-hetero) is 2. The molecule has 176 valence electrons. The van der Waals surface area contributed by atoms with E-state index in [2.05, 4.69) is 0 Å². The molecule has 0 amide bonds. The van der Waals surface area contributed by atoms with Crippen molar-refractivity contribution >= 4 is 17.5 Å². The fourth-order valence-electron chi connectivity index (χ4n) is 4.24. The lowest BCUT2D eigenvalue weighted by Crippen LogP contribution is -2.30. The van der Waals surface area contributed by atoms with Crippen LogP contribution in [0.1, 0.15) is 44.7 Å². The van der Waals surface area contributed by atoms with Crippen LogP contribution in [-0.4, -0.2) is 35.6 Å². The van der Waals surface area contributed by atoms with Gasteiger partial charge in [0.05, 0.1) is 6.54 Å². The van der Waals surface area contributed by atoms with Gasteiger partial charge in [0.15, 0.2) is 11.6 Å². The summed E-state index contributed by atoms with van der Waals surface area (Å²) in [5, 5.41) is 0. The summed E-state index contributed by atoms with van der Waals surface area (Å²) >= 11 is 0. The van der Waals surface area contributed by atoms with E-state index in [1.54, 1.807) is 41.6 Å². The van der Waals surface area contributed by atoms with Crippen LogP contribution in [0.15, 0.2) is 108 Å². The second-order valence-corrected chi connectivity index (χ2v) is 8.48. The molecule has 0 aromatic heterocycles. The first-order chi connectivity index (χ1) is 16.9. The summed E-state index contributed by atoms with van der Waals surface area (Å²) in [5.74, 6) is -1.23. The normalized spacial score (nSPS) is 13.6. The highest BCUT2D eigenvalue weighted by Gasteiger charge is 2.34. The molecule has 4 rings (SSSR count). The van der Waals surface area contributed by atoms with Gasteiger partial charge in [-0.1, -0.05) is 90.5 Å². The third-order valence-corrected chi connectivity index (χ3v) is 5.86. The minimum atomic E-state index is -0.541. The Balaban J connectivity index is 1.84. The molecule has 0 fully saturated rings. The van der Waals surface area contributed by atoms with Crippen LogP contribution in [0.25, 0.3) is 0 Å². The van der Waals surface area contributed by atoms with Gasteiger partial charge in [0, 0.05) is 47.5 Å². The number of benzene rings is 3. The lowest BCUT2D eigenvalue weighted by Gasteiger charge is -2.31. The number of rotatable bonds is 8. The van der Waals surface area contributed by atoms with Gasteiger partial charge >= 0.3 is 5.97 Å². The molecule has 0 aliphatic carbocycles. The molecule has 0 saturated carbocycles.